The van der Waals surface area contributed by atoms with Crippen molar-refractivity contribution in [3.8, 4) is 6.07 Å². The van der Waals surface area contributed by atoms with Gasteiger partial charge in [-0.25, -0.2) is 4.79 Å². The molecule has 2 aliphatic rings. The largest absolute Gasteiger partial charge is 0.457 e. The van der Waals surface area contributed by atoms with Crippen LogP contribution in [0.4, 0.5) is 0 Å². The average molecular weight is 422 g/mol. The number of cyclic esters (lactones) is 1. The summed E-state index contributed by atoms with van der Waals surface area (Å²) in [6.45, 7) is 4.70. The smallest absolute Gasteiger partial charge is 0.338 e. The van der Waals surface area contributed by atoms with Gasteiger partial charge in [-0.1, -0.05) is 6.07 Å². The van der Waals surface area contributed by atoms with Crippen molar-refractivity contribution in [2.75, 3.05) is 26.2 Å². The molecule has 1 aromatic carbocycles. The number of hydrogen-bond donors (Lipinski definition) is 3. The Kier molecular flexibility index (Phi) is 6.30. The molecule has 0 saturated carbocycles. The highest BCUT2D eigenvalue weighted by Crippen LogP contribution is 2.29. The Morgan fingerprint density at radius 2 is 2.16 bits per heavy atom. The van der Waals surface area contributed by atoms with E-state index in [1.807, 2.05) is 19.1 Å². The molecule has 0 amide bonds. The van der Waals surface area contributed by atoms with E-state index in [0.717, 1.165) is 36.2 Å². The number of fused-ring (bicyclic) bond motifs is 1. The van der Waals surface area contributed by atoms with Crippen LogP contribution in [-0.2, 0) is 11.3 Å². The van der Waals surface area contributed by atoms with Crippen LogP contribution in [0.1, 0.15) is 56.9 Å². The molecule has 1 unspecified atom stereocenters. The first kappa shape index (κ1) is 21.4. The number of benzene rings is 1. The summed E-state index contributed by atoms with van der Waals surface area (Å²) in [6, 6.07) is 9.10. The lowest BCUT2D eigenvalue weighted by molar-refractivity contribution is 0.0535. The number of aromatic nitrogens is 1. The van der Waals surface area contributed by atoms with E-state index in [4.69, 9.17) is 10.00 Å². The molecule has 2 aromatic rings. The number of aliphatic hydroxyl groups is 2. The SMILES string of the molecule is Cc1c([C@@H](O)CN2CC[C@H](NCC(O)c3ccc(C#N)cn3)C2)ccc2c1COC2=O. The maximum absolute atomic E-state index is 11.7. The fraction of sp³-hybridized carbons (Fsp3) is 0.435. The standard InChI is InChI=1S/C23H26N4O4/c1-14-17(3-4-18-19(14)13-31-23(18)30)22(29)12-27-7-6-16(11-27)25-10-21(28)20-5-2-15(8-24)9-26-20/h2-5,9,16,21-22,25,28-29H,6-7,10-13H2,1H3/t16-,21?,22-/m0/s1. The van der Waals surface area contributed by atoms with E-state index in [1.54, 1.807) is 18.2 Å². The first-order valence-corrected chi connectivity index (χ1v) is 10.4. The number of nitriles is 1. The van der Waals surface area contributed by atoms with E-state index in [2.05, 4.69) is 15.2 Å². The first-order valence-electron chi connectivity index (χ1n) is 10.4. The van der Waals surface area contributed by atoms with Gasteiger partial charge in [0.05, 0.1) is 22.9 Å². The number of carbonyl (C=O) groups excluding carboxylic acids is 1. The maximum atomic E-state index is 11.7. The van der Waals surface area contributed by atoms with Gasteiger partial charge in [-0.15, -0.1) is 0 Å². The summed E-state index contributed by atoms with van der Waals surface area (Å²) in [6.07, 6.45) is 0.992. The van der Waals surface area contributed by atoms with Gasteiger partial charge in [0.1, 0.15) is 18.8 Å². The molecule has 162 valence electrons. The molecule has 1 saturated heterocycles. The molecule has 0 spiro atoms. The summed E-state index contributed by atoms with van der Waals surface area (Å²) in [7, 11) is 0. The molecule has 8 heteroatoms. The topological polar surface area (TPSA) is 119 Å². The summed E-state index contributed by atoms with van der Waals surface area (Å²) in [5, 5.41) is 33.3. The zero-order chi connectivity index (χ0) is 22.0. The third-order valence-corrected chi connectivity index (χ3v) is 6.13. The lowest BCUT2D eigenvalue weighted by atomic mass is 9.95. The molecule has 8 nitrogen and oxygen atoms in total. The van der Waals surface area contributed by atoms with Crippen LogP contribution in [0, 0.1) is 18.3 Å². The monoisotopic (exact) mass is 422 g/mol. The maximum Gasteiger partial charge on any atom is 0.338 e. The Hall–Kier alpha value is -2.83. The predicted octanol–water partition coefficient (Wildman–Crippen LogP) is 1.36. The third-order valence-electron chi connectivity index (χ3n) is 6.13. The molecular formula is C23H26N4O4. The van der Waals surface area contributed by atoms with Gasteiger partial charge in [0.15, 0.2) is 0 Å². The lowest BCUT2D eigenvalue weighted by Crippen LogP contribution is -2.36. The lowest BCUT2D eigenvalue weighted by Gasteiger charge is -2.22. The van der Waals surface area contributed by atoms with Crippen molar-refractivity contribution in [2.24, 2.45) is 0 Å². The summed E-state index contributed by atoms with van der Waals surface area (Å²) < 4.78 is 5.10. The van der Waals surface area contributed by atoms with Crippen LogP contribution in [0.2, 0.25) is 0 Å². The molecule has 4 rings (SSSR count). The molecular weight excluding hydrogens is 396 g/mol. The molecule has 0 bridgehead atoms. The molecule has 3 atom stereocenters. The number of pyridine rings is 1. The average Bonchev–Trinajstić information content (AvgIpc) is 3.39. The van der Waals surface area contributed by atoms with Gasteiger partial charge in [0.25, 0.3) is 0 Å². The van der Waals surface area contributed by atoms with E-state index < -0.39 is 12.2 Å². The number of aliphatic hydroxyl groups excluding tert-OH is 2. The highest BCUT2D eigenvalue weighted by Gasteiger charge is 2.28. The minimum absolute atomic E-state index is 0.215. The number of hydrogen-bond acceptors (Lipinski definition) is 8. The predicted molar refractivity (Wildman–Crippen MR) is 112 cm³/mol. The Labute approximate surface area is 181 Å². The molecule has 0 aliphatic carbocycles. The van der Waals surface area contributed by atoms with Crippen LogP contribution < -0.4 is 5.32 Å². The molecule has 0 radical (unpaired) electrons. The highest BCUT2D eigenvalue weighted by molar-refractivity contribution is 5.93. The van der Waals surface area contributed by atoms with E-state index in [0.29, 0.717) is 29.9 Å². The zero-order valence-corrected chi connectivity index (χ0v) is 17.4. The van der Waals surface area contributed by atoms with Gasteiger partial charge in [-0.2, -0.15) is 5.26 Å². The van der Waals surface area contributed by atoms with E-state index >= 15 is 0 Å². The van der Waals surface area contributed by atoms with Gasteiger partial charge in [0, 0.05) is 37.4 Å². The highest BCUT2D eigenvalue weighted by atomic mass is 16.5. The van der Waals surface area contributed by atoms with Crippen LogP contribution in [0.3, 0.4) is 0 Å². The van der Waals surface area contributed by atoms with Crippen LogP contribution in [0.25, 0.3) is 0 Å². The number of β-amino-alcohol motifs (C(OH)–C–C–N with tert-alkyl or cyclic N) is 1. The minimum Gasteiger partial charge on any atom is -0.457 e. The van der Waals surface area contributed by atoms with Crippen molar-refractivity contribution in [1.29, 1.82) is 5.26 Å². The fourth-order valence-corrected chi connectivity index (χ4v) is 4.29. The number of rotatable bonds is 7. The van der Waals surface area contributed by atoms with Crippen molar-refractivity contribution in [1.82, 2.24) is 15.2 Å². The van der Waals surface area contributed by atoms with Crippen molar-refractivity contribution < 1.29 is 19.7 Å². The first-order chi connectivity index (χ1) is 15.0. The van der Waals surface area contributed by atoms with Gasteiger partial charge in [-0.3, -0.25) is 9.88 Å². The number of nitrogens with zero attached hydrogens (tertiary/aromatic N) is 3. The summed E-state index contributed by atoms with van der Waals surface area (Å²) in [4.78, 5) is 18.0. The molecule has 3 N–H and O–H groups in total. The quantitative estimate of drug-likeness (QED) is 0.573. The van der Waals surface area contributed by atoms with E-state index in [9.17, 15) is 15.0 Å². The molecule has 1 fully saturated rings. The van der Waals surface area contributed by atoms with Crippen molar-refractivity contribution >= 4 is 5.97 Å². The normalized spacial score (nSPS) is 20.2. The number of esters is 1. The number of nitrogens with one attached hydrogen (secondary N) is 1. The summed E-state index contributed by atoms with van der Waals surface area (Å²) in [5.41, 5.74) is 4.21. The van der Waals surface area contributed by atoms with Crippen molar-refractivity contribution in [3.63, 3.8) is 0 Å². The summed E-state index contributed by atoms with van der Waals surface area (Å²) in [5.74, 6) is -0.300. The fourth-order valence-electron chi connectivity index (χ4n) is 4.29. The van der Waals surface area contributed by atoms with Crippen LogP contribution in [0.15, 0.2) is 30.5 Å². The zero-order valence-electron chi connectivity index (χ0n) is 17.4. The second kappa shape index (κ2) is 9.12. The molecule has 1 aromatic heterocycles. The van der Waals surface area contributed by atoms with E-state index in [-0.39, 0.29) is 18.6 Å². The van der Waals surface area contributed by atoms with Gasteiger partial charge in [0.2, 0.25) is 0 Å². The minimum atomic E-state index is -0.744. The van der Waals surface area contributed by atoms with Gasteiger partial charge < -0.3 is 20.3 Å². The summed E-state index contributed by atoms with van der Waals surface area (Å²) >= 11 is 0. The van der Waals surface area contributed by atoms with Gasteiger partial charge in [-0.05, 0) is 49.2 Å². The van der Waals surface area contributed by atoms with Crippen LogP contribution >= 0.6 is 0 Å². The van der Waals surface area contributed by atoms with Gasteiger partial charge >= 0.3 is 5.97 Å². The number of carbonyl (C=O) groups is 1. The Bertz CT molecular complexity index is 1000. The molecule has 2 aliphatic heterocycles. The number of likely N-dealkylation sites (tertiary alicyclic amines) is 1. The van der Waals surface area contributed by atoms with Crippen molar-refractivity contribution in [3.05, 3.63) is 64.0 Å². The van der Waals surface area contributed by atoms with Crippen LogP contribution in [-0.4, -0.2) is 58.3 Å². The van der Waals surface area contributed by atoms with Crippen LogP contribution in [0.5, 0.6) is 0 Å². The Morgan fingerprint density at radius 1 is 1.32 bits per heavy atom. The second-order valence-electron chi connectivity index (χ2n) is 8.15. The third kappa shape index (κ3) is 4.60. The Balaban J connectivity index is 1.28. The van der Waals surface area contributed by atoms with E-state index in [1.165, 1.54) is 6.20 Å². The second-order valence-corrected chi connectivity index (χ2v) is 8.15. The number of ether oxygens (including phenoxy) is 1. The molecule has 3 heterocycles. The molecule has 31 heavy (non-hydrogen) atoms. The van der Waals surface area contributed by atoms with Crippen molar-refractivity contribution in [2.45, 2.75) is 38.2 Å². The Morgan fingerprint density at radius 3 is 2.90 bits per heavy atom.